The first-order chi connectivity index (χ1) is 11.3. The second-order valence-electron chi connectivity index (χ2n) is 4.80. The van der Waals surface area contributed by atoms with Crippen LogP contribution in [-0.4, -0.2) is 48.5 Å². The van der Waals surface area contributed by atoms with E-state index in [1.807, 2.05) is 41.2 Å². The number of aliphatic imine (C=N–C) groups is 1. The molecule has 0 aliphatic rings. The van der Waals surface area contributed by atoms with Crippen molar-refractivity contribution in [2.75, 3.05) is 32.7 Å². The van der Waals surface area contributed by atoms with E-state index in [2.05, 4.69) is 27.0 Å². The van der Waals surface area contributed by atoms with E-state index in [1.165, 1.54) is 0 Å². The summed E-state index contributed by atoms with van der Waals surface area (Å²) in [5.41, 5.74) is 1.95. The van der Waals surface area contributed by atoms with Gasteiger partial charge in [-0.15, -0.1) is 24.0 Å². The van der Waals surface area contributed by atoms with E-state index in [1.54, 1.807) is 25.9 Å². The van der Waals surface area contributed by atoms with Crippen LogP contribution >= 0.6 is 35.7 Å². The highest BCUT2D eigenvalue weighted by Crippen LogP contribution is 2.14. The predicted octanol–water partition coefficient (Wildman–Crippen LogP) is 2.53. The van der Waals surface area contributed by atoms with Gasteiger partial charge >= 0.3 is 0 Å². The monoisotopic (exact) mass is 461 g/mol. The van der Waals surface area contributed by atoms with Gasteiger partial charge in [-0.1, -0.05) is 0 Å². The van der Waals surface area contributed by atoms with Crippen molar-refractivity contribution in [3.8, 4) is 11.4 Å². The average Bonchev–Trinajstić information content (AvgIpc) is 3.07. The molecular weight excluding hydrogens is 437 g/mol. The molecule has 0 aliphatic carbocycles. The minimum Gasteiger partial charge on any atom is -0.497 e. The number of thioether (sulfide) groups is 1. The molecule has 1 aromatic carbocycles. The molecule has 0 radical (unpaired) electrons. The van der Waals surface area contributed by atoms with Crippen LogP contribution in [-0.2, 0) is 6.54 Å². The molecule has 0 fully saturated rings. The fourth-order valence-corrected chi connectivity index (χ4v) is 2.31. The lowest BCUT2D eigenvalue weighted by molar-refractivity contribution is 0.414. The maximum Gasteiger partial charge on any atom is 0.191 e. The summed E-state index contributed by atoms with van der Waals surface area (Å²) in [6, 6.07) is 9.79. The molecule has 2 N–H and O–H groups in total. The molecule has 0 amide bonds. The number of rotatable bonds is 7. The van der Waals surface area contributed by atoms with Crippen molar-refractivity contribution in [2.45, 2.75) is 6.54 Å². The Labute approximate surface area is 164 Å². The highest BCUT2D eigenvalue weighted by Gasteiger charge is 2.03. The summed E-state index contributed by atoms with van der Waals surface area (Å²) in [7, 11) is 3.43. The van der Waals surface area contributed by atoms with Gasteiger partial charge in [-0.25, -0.2) is 4.68 Å². The number of ether oxygens (including phenoxy) is 1. The lowest BCUT2D eigenvalue weighted by Gasteiger charge is -2.10. The molecule has 24 heavy (non-hydrogen) atoms. The van der Waals surface area contributed by atoms with Crippen molar-refractivity contribution < 1.29 is 4.74 Å². The average molecular weight is 461 g/mol. The van der Waals surface area contributed by atoms with Crippen molar-refractivity contribution in [3.05, 3.63) is 42.2 Å². The smallest absolute Gasteiger partial charge is 0.191 e. The molecule has 1 aromatic heterocycles. The van der Waals surface area contributed by atoms with Crippen molar-refractivity contribution in [3.63, 3.8) is 0 Å². The van der Waals surface area contributed by atoms with E-state index in [0.29, 0.717) is 6.54 Å². The maximum absolute atomic E-state index is 5.17. The molecule has 0 spiro atoms. The van der Waals surface area contributed by atoms with Crippen LogP contribution in [0.2, 0.25) is 0 Å². The Balaban J connectivity index is 0.00000288. The fourth-order valence-electron chi connectivity index (χ4n) is 2.00. The van der Waals surface area contributed by atoms with E-state index in [0.717, 1.165) is 35.4 Å². The Kier molecular flexibility index (Phi) is 9.62. The lowest BCUT2D eigenvalue weighted by atomic mass is 10.3. The number of hydrogen-bond donors (Lipinski definition) is 2. The zero-order valence-electron chi connectivity index (χ0n) is 14.2. The summed E-state index contributed by atoms with van der Waals surface area (Å²) < 4.78 is 7.01. The van der Waals surface area contributed by atoms with Gasteiger partial charge in [0.2, 0.25) is 0 Å². The van der Waals surface area contributed by atoms with Crippen molar-refractivity contribution in [1.29, 1.82) is 0 Å². The zero-order valence-corrected chi connectivity index (χ0v) is 17.3. The van der Waals surface area contributed by atoms with Gasteiger partial charge in [0.05, 0.1) is 25.0 Å². The summed E-state index contributed by atoms with van der Waals surface area (Å²) in [5.74, 6) is 2.67. The van der Waals surface area contributed by atoms with Gasteiger partial charge in [-0.3, -0.25) is 4.99 Å². The van der Waals surface area contributed by atoms with Crippen LogP contribution in [0.15, 0.2) is 41.5 Å². The molecule has 1 heterocycles. The first-order valence-electron chi connectivity index (χ1n) is 7.39. The van der Waals surface area contributed by atoms with E-state index in [-0.39, 0.29) is 24.0 Å². The van der Waals surface area contributed by atoms with Crippen LogP contribution in [0.4, 0.5) is 0 Å². The molecule has 6 nitrogen and oxygen atoms in total. The van der Waals surface area contributed by atoms with Crippen LogP contribution in [0, 0.1) is 0 Å². The Hall–Kier alpha value is -1.42. The van der Waals surface area contributed by atoms with Crippen LogP contribution < -0.4 is 15.4 Å². The van der Waals surface area contributed by atoms with Crippen LogP contribution in [0.1, 0.15) is 5.69 Å². The number of nitrogens with one attached hydrogen (secondary N) is 2. The molecule has 0 aliphatic heterocycles. The van der Waals surface area contributed by atoms with Gasteiger partial charge in [0.1, 0.15) is 5.75 Å². The normalized spacial score (nSPS) is 10.9. The van der Waals surface area contributed by atoms with Crippen molar-refractivity contribution in [2.24, 2.45) is 4.99 Å². The Morgan fingerprint density at radius 3 is 2.62 bits per heavy atom. The lowest BCUT2D eigenvalue weighted by Crippen LogP contribution is -2.38. The Morgan fingerprint density at radius 2 is 2.00 bits per heavy atom. The summed E-state index contributed by atoms with van der Waals surface area (Å²) >= 11 is 1.80. The highest BCUT2D eigenvalue weighted by atomic mass is 127. The second kappa shape index (κ2) is 11.2. The number of nitrogens with zero attached hydrogens (tertiary/aromatic N) is 3. The number of methoxy groups -OCH3 is 1. The SMILES string of the molecule is CN=C(NCCSC)NCc1ccn(-c2ccc(OC)cc2)n1.I. The van der Waals surface area contributed by atoms with Gasteiger partial charge in [0.25, 0.3) is 0 Å². The quantitative estimate of drug-likeness (QED) is 0.287. The third kappa shape index (κ3) is 6.23. The van der Waals surface area contributed by atoms with Gasteiger partial charge in [-0.05, 0) is 36.6 Å². The first-order valence-corrected chi connectivity index (χ1v) is 8.78. The topological polar surface area (TPSA) is 63.5 Å². The van der Waals surface area contributed by atoms with Crippen LogP contribution in [0.3, 0.4) is 0 Å². The number of aromatic nitrogens is 2. The Morgan fingerprint density at radius 1 is 1.25 bits per heavy atom. The first kappa shape index (κ1) is 20.6. The van der Waals surface area contributed by atoms with E-state index in [9.17, 15) is 0 Å². The minimum atomic E-state index is 0. The number of benzene rings is 1. The van der Waals surface area contributed by atoms with Gasteiger partial charge in [0.15, 0.2) is 5.96 Å². The summed E-state index contributed by atoms with van der Waals surface area (Å²) in [6.07, 6.45) is 4.03. The molecule has 0 atom stereocenters. The number of guanidine groups is 1. The molecule has 0 unspecified atom stereocenters. The van der Waals surface area contributed by atoms with Crippen molar-refractivity contribution in [1.82, 2.24) is 20.4 Å². The largest absolute Gasteiger partial charge is 0.497 e. The van der Waals surface area contributed by atoms with Gasteiger partial charge in [0, 0.05) is 25.5 Å². The molecule has 0 saturated carbocycles. The Bertz CT molecular complexity index is 630. The summed E-state index contributed by atoms with van der Waals surface area (Å²) in [6.45, 7) is 1.52. The summed E-state index contributed by atoms with van der Waals surface area (Å²) in [4.78, 5) is 4.20. The molecule has 2 rings (SSSR count). The number of halogens is 1. The molecule has 132 valence electrons. The number of hydrogen-bond acceptors (Lipinski definition) is 4. The van der Waals surface area contributed by atoms with Gasteiger partial charge < -0.3 is 15.4 Å². The van der Waals surface area contributed by atoms with E-state index >= 15 is 0 Å². The third-order valence-corrected chi connectivity index (χ3v) is 3.85. The summed E-state index contributed by atoms with van der Waals surface area (Å²) in [5, 5.41) is 11.1. The van der Waals surface area contributed by atoms with E-state index < -0.39 is 0 Å². The fraction of sp³-hybridized carbons (Fsp3) is 0.375. The molecular formula is C16H24IN5OS. The van der Waals surface area contributed by atoms with Crippen molar-refractivity contribution >= 4 is 41.7 Å². The second-order valence-corrected chi connectivity index (χ2v) is 5.78. The molecule has 0 bridgehead atoms. The van der Waals surface area contributed by atoms with E-state index in [4.69, 9.17) is 4.74 Å². The third-order valence-electron chi connectivity index (χ3n) is 3.24. The highest BCUT2D eigenvalue weighted by molar-refractivity contribution is 14.0. The van der Waals surface area contributed by atoms with Crippen LogP contribution in [0.25, 0.3) is 5.69 Å². The maximum atomic E-state index is 5.17. The molecule has 0 saturated heterocycles. The standard InChI is InChI=1S/C16H23N5OS.HI/c1-17-16(18-9-11-23-3)19-12-13-8-10-21(20-13)14-4-6-15(22-2)7-5-14;/h4-8,10H,9,11-12H2,1-3H3,(H2,17,18,19);1H. The zero-order chi connectivity index (χ0) is 16.5. The predicted molar refractivity (Wildman–Crippen MR) is 112 cm³/mol. The minimum absolute atomic E-state index is 0. The van der Waals surface area contributed by atoms with Gasteiger partial charge in [-0.2, -0.15) is 16.9 Å². The molecule has 8 heteroatoms. The van der Waals surface area contributed by atoms with Crippen LogP contribution in [0.5, 0.6) is 5.75 Å². The molecule has 2 aromatic rings.